The first-order chi connectivity index (χ1) is 5.95. The van der Waals surface area contributed by atoms with Crippen molar-refractivity contribution in [1.82, 2.24) is 0 Å². The normalized spacial score (nSPS) is 11.2. The first-order valence-electron chi connectivity index (χ1n) is 3.27. The Morgan fingerprint density at radius 2 is 2.08 bits per heavy atom. The van der Waals surface area contributed by atoms with Crippen molar-refractivity contribution < 1.29 is 22.8 Å². The molecule has 0 aliphatic carbocycles. The van der Waals surface area contributed by atoms with Crippen LogP contribution in [0.2, 0.25) is 0 Å². The van der Waals surface area contributed by atoms with Gasteiger partial charge in [0.05, 0.1) is 12.0 Å². The molecular formula is C7H7O5S-. The zero-order chi connectivity index (χ0) is 10.1. The monoisotopic (exact) mass is 203 g/mol. The van der Waals surface area contributed by atoms with E-state index in [-0.39, 0.29) is 10.6 Å². The lowest BCUT2D eigenvalue weighted by Crippen LogP contribution is -2.01. The SMILES string of the molecule is COc1cc(S(=O)(=O)O)ccc1[O-]. The Balaban J connectivity index is 3.30. The lowest BCUT2D eigenvalue weighted by molar-refractivity contribution is -0.270. The topological polar surface area (TPSA) is 86.7 Å². The van der Waals surface area contributed by atoms with Crippen LogP contribution in [0.4, 0.5) is 0 Å². The molecule has 0 atom stereocenters. The summed E-state index contributed by atoms with van der Waals surface area (Å²) >= 11 is 0. The summed E-state index contributed by atoms with van der Waals surface area (Å²) in [7, 11) is -3.03. The van der Waals surface area contributed by atoms with E-state index in [4.69, 9.17) is 4.55 Å². The lowest BCUT2D eigenvalue weighted by atomic mass is 10.3. The second-order valence-electron chi connectivity index (χ2n) is 2.29. The Labute approximate surface area is 75.3 Å². The van der Waals surface area contributed by atoms with Crippen LogP contribution < -0.4 is 9.84 Å². The summed E-state index contributed by atoms with van der Waals surface area (Å²) in [6, 6.07) is 3.00. The van der Waals surface area contributed by atoms with E-state index in [0.717, 1.165) is 18.2 Å². The van der Waals surface area contributed by atoms with Crippen LogP contribution in [0.25, 0.3) is 0 Å². The van der Waals surface area contributed by atoms with E-state index in [1.165, 1.54) is 7.11 Å². The first kappa shape index (κ1) is 9.82. The molecule has 1 N–H and O–H groups in total. The van der Waals surface area contributed by atoms with Crippen molar-refractivity contribution in [3.05, 3.63) is 18.2 Å². The molecule has 72 valence electrons. The zero-order valence-corrected chi connectivity index (χ0v) is 7.54. The maximum absolute atomic E-state index is 10.9. The van der Waals surface area contributed by atoms with Crippen molar-refractivity contribution in [1.29, 1.82) is 0 Å². The predicted molar refractivity (Wildman–Crippen MR) is 42.3 cm³/mol. The Morgan fingerprint density at radius 1 is 1.46 bits per heavy atom. The molecule has 0 saturated carbocycles. The van der Waals surface area contributed by atoms with Crippen molar-refractivity contribution >= 4 is 10.1 Å². The molecule has 0 aromatic heterocycles. The zero-order valence-electron chi connectivity index (χ0n) is 6.72. The molecule has 0 aliphatic rings. The molecule has 0 amide bonds. The molecule has 6 heteroatoms. The number of benzene rings is 1. The third kappa shape index (κ3) is 2.10. The van der Waals surface area contributed by atoms with Gasteiger partial charge >= 0.3 is 0 Å². The van der Waals surface area contributed by atoms with Gasteiger partial charge in [-0.25, -0.2) is 0 Å². The van der Waals surface area contributed by atoms with Crippen molar-refractivity contribution in [3.63, 3.8) is 0 Å². The molecule has 0 fully saturated rings. The molecule has 13 heavy (non-hydrogen) atoms. The highest BCUT2D eigenvalue weighted by Gasteiger charge is 2.09. The lowest BCUT2D eigenvalue weighted by Gasteiger charge is -2.12. The van der Waals surface area contributed by atoms with E-state index in [1.54, 1.807) is 0 Å². The second kappa shape index (κ2) is 3.23. The summed E-state index contributed by atoms with van der Waals surface area (Å²) in [4.78, 5) is -0.357. The molecule has 0 unspecified atom stereocenters. The molecule has 1 rings (SSSR count). The van der Waals surface area contributed by atoms with Gasteiger partial charge in [-0.1, -0.05) is 11.8 Å². The minimum absolute atomic E-state index is 0.116. The molecule has 5 nitrogen and oxygen atoms in total. The highest BCUT2D eigenvalue weighted by atomic mass is 32.2. The van der Waals surface area contributed by atoms with E-state index < -0.39 is 15.9 Å². The highest BCUT2D eigenvalue weighted by Crippen LogP contribution is 2.25. The van der Waals surface area contributed by atoms with Gasteiger partial charge < -0.3 is 9.84 Å². The maximum atomic E-state index is 10.9. The third-order valence-electron chi connectivity index (χ3n) is 1.43. The summed E-state index contributed by atoms with van der Waals surface area (Å²) < 4.78 is 34.4. The van der Waals surface area contributed by atoms with E-state index in [9.17, 15) is 13.5 Å². The third-order valence-corrected chi connectivity index (χ3v) is 2.28. The molecule has 0 aliphatic heterocycles. The van der Waals surface area contributed by atoms with Gasteiger partial charge in [0.25, 0.3) is 10.1 Å². The van der Waals surface area contributed by atoms with Crippen molar-refractivity contribution in [2.24, 2.45) is 0 Å². The summed E-state index contributed by atoms with van der Waals surface area (Å²) in [5.74, 6) is -0.551. The van der Waals surface area contributed by atoms with Crippen molar-refractivity contribution in [2.45, 2.75) is 4.90 Å². The number of methoxy groups -OCH3 is 1. The van der Waals surface area contributed by atoms with Crippen LogP contribution in [-0.2, 0) is 10.1 Å². The Kier molecular flexibility index (Phi) is 2.44. The summed E-state index contributed by atoms with van der Waals surface area (Å²) in [5, 5.41) is 10.9. The molecule has 0 radical (unpaired) electrons. The van der Waals surface area contributed by atoms with Crippen LogP contribution in [-0.4, -0.2) is 20.1 Å². The van der Waals surface area contributed by atoms with Crippen LogP contribution in [0.3, 0.4) is 0 Å². The first-order valence-corrected chi connectivity index (χ1v) is 4.71. The van der Waals surface area contributed by atoms with E-state index >= 15 is 0 Å². The molecule has 0 bridgehead atoms. The average Bonchev–Trinajstić information content (AvgIpc) is 2.03. The van der Waals surface area contributed by atoms with Crippen LogP contribution in [0.5, 0.6) is 11.5 Å². The number of hydrogen-bond donors (Lipinski definition) is 1. The van der Waals surface area contributed by atoms with Gasteiger partial charge in [-0.3, -0.25) is 4.55 Å². The molecule has 0 saturated heterocycles. The second-order valence-corrected chi connectivity index (χ2v) is 3.71. The van der Waals surface area contributed by atoms with E-state index in [1.807, 2.05) is 0 Å². The minimum Gasteiger partial charge on any atom is -0.870 e. The van der Waals surface area contributed by atoms with Gasteiger partial charge in [-0.05, 0) is 6.07 Å². The van der Waals surface area contributed by atoms with Crippen LogP contribution in [0, 0.1) is 0 Å². The van der Waals surface area contributed by atoms with Crippen molar-refractivity contribution in [2.75, 3.05) is 7.11 Å². The molecule has 1 aromatic carbocycles. The van der Waals surface area contributed by atoms with Gasteiger partial charge in [0, 0.05) is 6.07 Å². The van der Waals surface area contributed by atoms with Gasteiger partial charge in [-0.2, -0.15) is 8.42 Å². The predicted octanol–water partition coefficient (Wildman–Crippen LogP) is 0.0155. The molecular weight excluding hydrogens is 196 g/mol. The van der Waals surface area contributed by atoms with E-state index in [2.05, 4.69) is 4.74 Å². The summed E-state index contributed by atoms with van der Waals surface area (Å²) in [6.45, 7) is 0. The fourth-order valence-electron chi connectivity index (χ4n) is 0.808. The van der Waals surface area contributed by atoms with Gasteiger partial charge in [0.1, 0.15) is 5.75 Å². The standard InChI is InChI=1S/C7H8O5S/c1-12-7-4-5(13(9,10)11)2-3-6(7)8/h2-4,8H,1H3,(H,9,10,11)/p-1. The van der Waals surface area contributed by atoms with Crippen LogP contribution in [0.1, 0.15) is 0 Å². The number of ether oxygens (including phenoxy) is 1. The molecule has 0 spiro atoms. The van der Waals surface area contributed by atoms with Gasteiger partial charge in [0.2, 0.25) is 0 Å². The van der Waals surface area contributed by atoms with Gasteiger partial charge in [0.15, 0.2) is 0 Å². The maximum Gasteiger partial charge on any atom is 0.294 e. The summed E-state index contributed by atoms with van der Waals surface area (Å²) in [5.41, 5.74) is 0. The fraction of sp³-hybridized carbons (Fsp3) is 0.143. The Bertz CT molecular complexity index is 409. The fourth-order valence-corrected chi connectivity index (χ4v) is 1.30. The Morgan fingerprint density at radius 3 is 2.54 bits per heavy atom. The van der Waals surface area contributed by atoms with Gasteiger partial charge in [-0.15, -0.1) is 0 Å². The number of rotatable bonds is 2. The largest absolute Gasteiger partial charge is 0.870 e. The quantitative estimate of drug-likeness (QED) is 0.684. The average molecular weight is 203 g/mol. The van der Waals surface area contributed by atoms with Crippen LogP contribution in [0.15, 0.2) is 23.1 Å². The Hall–Kier alpha value is -1.27. The smallest absolute Gasteiger partial charge is 0.294 e. The summed E-state index contributed by atoms with van der Waals surface area (Å²) in [6.07, 6.45) is 0. The minimum atomic E-state index is -4.27. The molecule has 0 heterocycles. The van der Waals surface area contributed by atoms with Crippen LogP contribution >= 0.6 is 0 Å². The highest BCUT2D eigenvalue weighted by molar-refractivity contribution is 7.85. The number of hydrogen-bond acceptors (Lipinski definition) is 4. The molecule has 1 aromatic rings. The van der Waals surface area contributed by atoms with E-state index in [0.29, 0.717) is 0 Å². The van der Waals surface area contributed by atoms with Crippen molar-refractivity contribution in [3.8, 4) is 11.5 Å².